The molecule has 19 heavy (non-hydrogen) atoms. The predicted molar refractivity (Wildman–Crippen MR) is 67.7 cm³/mol. The van der Waals surface area contributed by atoms with Gasteiger partial charge in [-0.05, 0) is 0 Å². The van der Waals surface area contributed by atoms with Gasteiger partial charge in [0, 0.05) is 12.8 Å². The van der Waals surface area contributed by atoms with Crippen LogP contribution in [0.3, 0.4) is 0 Å². The molecule has 0 aliphatic carbocycles. The summed E-state index contributed by atoms with van der Waals surface area (Å²) in [5.41, 5.74) is 0. The first-order valence-electron chi connectivity index (χ1n) is 5.66. The van der Waals surface area contributed by atoms with Gasteiger partial charge < -0.3 is 4.74 Å². The van der Waals surface area contributed by atoms with Crippen LogP contribution in [0, 0.1) is 11.3 Å². The molecule has 0 unspecified atom stereocenters. The number of allylic oxidation sites excluding steroid dienone is 2. The van der Waals surface area contributed by atoms with E-state index in [0.717, 1.165) is 0 Å². The van der Waals surface area contributed by atoms with E-state index in [9.17, 15) is 4.79 Å². The summed E-state index contributed by atoms with van der Waals surface area (Å²) in [6.07, 6.45) is 4.08. The molecule has 0 atom stereocenters. The molecule has 0 bridgehead atoms. The zero-order valence-electron chi connectivity index (χ0n) is 10.5. The smallest absolute Gasteiger partial charge is 0.320 e. The maximum Gasteiger partial charge on any atom is 0.320 e. The molecule has 0 amide bonds. The number of rotatable bonds is 7. The molecule has 0 aliphatic heterocycles. The maximum atomic E-state index is 11.1. The number of nitriles is 1. The molecule has 98 valence electrons. The lowest BCUT2D eigenvalue weighted by Gasteiger charge is -2.05. The molecule has 1 heterocycles. The predicted octanol–water partition coefficient (Wildman–Crippen LogP) is 1.29. The van der Waals surface area contributed by atoms with Gasteiger partial charge in [-0.25, -0.2) is 15.0 Å². The van der Waals surface area contributed by atoms with Crippen LogP contribution >= 0.6 is 0 Å². The SMILES string of the molecule is C=CCc1nc(CC=C)nc(COC(=O)CC#N)n1. The van der Waals surface area contributed by atoms with Gasteiger partial charge in [-0.1, -0.05) is 12.2 Å². The highest BCUT2D eigenvalue weighted by Gasteiger charge is 2.08. The Bertz CT molecular complexity index is 492. The molecule has 0 saturated heterocycles. The van der Waals surface area contributed by atoms with E-state index in [0.29, 0.717) is 30.3 Å². The molecule has 1 aromatic rings. The average molecular weight is 258 g/mol. The van der Waals surface area contributed by atoms with Crippen molar-refractivity contribution < 1.29 is 9.53 Å². The van der Waals surface area contributed by atoms with E-state index < -0.39 is 5.97 Å². The molecule has 1 rings (SSSR count). The summed E-state index contributed by atoms with van der Waals surface area (Å²) in [6, 6.07) is 1.71. The van der Waals surface area contributed by atoms with Crippen LogP contribution in [0.1, 0.15) is 23.9 Å². The number of nitrogens with zero attached hydrogens (tertiary/aromatic N) is 4. The Kier molecular flexibility index (Phi) is 5.89. The van der Waals surface area contributed by atoms with Crippen molar-refractivity contribution in [1.82, 2.24) is 15.0 Å². The number of ether oxygens (including phenoxy) is 1. The van der Waals surface area contributed by atoms with Crippen molar-refractivity contribution in [2.24, 2.45) is 0 Å². The molecule has 1 aromatic heterocycles. The summed E-state index contributed by atoms with van der Waals surface area (Å²) in [6.45, 7) is 7.16. The van der Waals surface area contributed by atoms with Gasteiger partial charge in [-0.3, -0.25) is 4.79 Å². The van der Waals surface area contributed by atoms with E-state index >= 15 is 0 Å². The number of carbonyl (C=O) groups excluding carboxylic acids is 1. The molecule has 0 aromatic carbocycles. The van der Waals surface area contributed by atoms with Crippen LogP contribution in [0.15, 0.2) is 25.3 Å². The molecule has 0 radical (unpaired) electrons. The van der Waals surface area contributed by atoms with Crippen molar-refractivity contribution in [3.63, 3.8) is 0 Å². The first-order valence-corrected chi connectivity index (χ1v) is 5.66. The Morgan fingerprint density at radius 1 is 1.16 bits per heavy atom. The number of carbonyl (C=O) groups is 1. The number of hydrogen-bond donors (Lipinski definition) is 0. The van der Waals surface area contributed by atoms with Crippen molar-refractivity contribution in [3.05, 3.63) is 42.8 Å². The lowest BCUT2D eigenvalue weighted by molar-refractivity contribution is -0.143. The van der Waals surface area contributed by atoms with Crippen molar-refractivity contribution in [1.29, 1.82) is 5.26 Å². The minimum atomic E-state index is -0.599. The third-order valence-corrected chi connectivity index (χ3v) is 2.01. The minimum Gasteiger partial charge on any atom is -0.457 e. The largest absolute Gasteiger partial charge is 0.457 e. The van der Waals surface area contributed by atoms with Crippen LogP contribution in [0.5, 0.6) is 0 Å². The van der Waals surface area contributed by atoms with Gasteiger partial charge in [0.25, 0.3) is 0 Å². The maximum absolute atomic E-state index is 11.1. The third kappa shape index (κ3) is 5.08. The molecular weight excluding hydrogens is 244 g/mol. The summed E-state index contributed by atoms with van der Waals surface area (Å²) in [5, 5.41) is 8.35. The fourth-order valence-corrected chi connectivity index (χ4v) is 1.29. The monoisotopic (exact) mass is 258 g/mol. The molecular formula is C13H14N4O2. The molecule has 0 N–H and O–H groups in total. The second kappa shape index (κ2) is 7.71. The van der Waals surface area contributed by atoms with Crippen molar-refractivity contribution in [2.45, 2.75) is 25.9 Å². The highest BCUT2D eigenvalue weighted by molar-refractivity contribution is 5.71. The fourth-order valence-electron chi connectivity index (χ4n) is 1.29. The van der Waals surface area contributed by atoms with Crippen molar-refractivity contribution in [2.75, 3.05) is 0 Å². The van der Waals surface area contributed by atoms with Gasteiger partial charge in [0.15, 0.2) is 12.4 Å². The Morgan fingerprint density at radius 2 is 1.68 bits per heavy atom. The van der Waals surface area contributed by atoms with E-state index in [1.807, 2.05) is 0 Å². The van der Waals surface area contributed by atoms with Gasteiger partial charge in [-0.2, -0.15) is 5.26 Å². The highest BCUT2D eigenvalue weighted by Crippen LogP contribution is 2.02. The van der Waals surface area contributed by atoms with Crippen LogP contribution < -0.4 is 0 Å². The van der Waals surface area contributed by atoms with Gasteiger partial charge in [0.2, 0.25) is 0 Å². The summed E-state index contributed by atoms with van der Waals surface area (Å²) < 4.78 is 4.87. The summed E-state index contributed by atoms with van der Waals surface area (Å²) in [4.78, 5) is 23.6. The molecule has 0 saturated carbocycles. The Morgan fingerprint density at radius 3 is 2.16 bits per heavy atom. The normalized spacial score (nSPS) is 9.42. The molecule has 0 fully saturated rings. The summed E-state index contributed by atoms with van der Waals surface area (Å²) >= 11 is 0. The molecule has 0 spiro atoms. The minimum absolute atomic E-state index is 0.0721. The van der Waals surface area contributed by atoms with Crippen molar-refractivity contribution >= 4 is 5.97 Å². The van der Waals surface area contributed by atoms with E-state index in [4.69, 9.17) is 10.00 Å². The first-order chi connectivity index (χ1) is 9.19. The van der Waals surface area contributed by atoms with Crippen LogP contribution in [-0.4, -0.2) is 20.9 Å². The Balaban J connectivity index is 2.80. The zero-order chi connectivity index (χ0) is 14.1. The van der Waals surface area contributed by atoms with E-state index in [1.54, 1.807) is 18.2 Å². The molecule has 0 aliphatic rings. The Labute approximate surface area is 111 Å². The van der Waals surface area contributed by atoms with Crippen LogP contribution in [0.2, 0.25) is 0 Å². The van der Waals surface area contributed by atoms with Crippen LogP contribution in [-0.2, 0) is 29.0 Å². The quantitative estimate of drug-likeness (QED) is 0.540. The van der Waals surface area contributed by atoms with Gasteiger partial charge in [0.05, 0.1) is 6.07 Å². The molecule has 6 heteroatoms. The van der Waals surface area contributed by atoms with E-state index in [-0.39, 0.29) is 13.0 Å². The zero-order valence-corrected chi connectivity index (χ0v) is 10.5. The van der Waals surface area contributed by atoms with E-state index in [2.05, 4.69) is 28.1 Å². The number of esters is 1. The number of hydrogen-bond acceptors (Lipinski definition) is 6. The lowest BCUT2D eigenvalue weighted by Crippen LogP contribution is -2.11. The standard InChI is InChI=1S/C13H14N4O2/c1-3-5-10-15-11(6-4-2)17-12(16-10)9-19-13(18)7-8-14/h3-4H,1-2,5-7,9H2. The first kappa shape index (κ1) is 14.5. The number of aromatic nitrogens is 3. The summed E-state index contributed by atoms with van der Waals surface area (Å²) in [5.74, 6) is 0.884. The second-order valence-electron chi connectivity index (χ2n) is 3.57. The van der Waals surface area contributed by atoms with E-state index in [1.165, 1.54) is 0 Å². The molecule has 6 nitrogen and oxygen atoms in total. The van der Waals surface area contributed by atoms with Gasteiger partial charge in [0.1, 0.15) is 18.1 Å². The summed E-state index contributed by atoms with van der Waals surface area (Å²) in [7, 11) is 0. The van der Waals surface area contributed by atoms with Crippen LogP contribution in [0.25, 0.3) is 0 Å². The topological polar surface area (TPSA) is 88.8 Å². The third-order valence-electron chi connectivity index (χ3n) is 2.01. The average Bonchev–Trinajstić information content (AvgIpc) is 2.37. The lowest BCUT2D eigenvalue weighted by atomic mass is 10.3. The van der Waals surface area contributed by atoms with Gasteiger partial charge in [-0.15, -0.1) is 13.2 Å². The second-order valence-corrected chi connectivity index (χ2v) is 3.57. The van der Waals surface area contributed by atoms with Crippen molar-refractivity contribution in [3.8, 4) is 6.07 Å². The van der Waals surface area contributed by atoms with Gasteiger partial charge >= 0.3 is 5.97 Å². The van der Waals surface area contributed by atoms with Crippen LogP contribution in [0.4, 0.5) is 0 Å². The Hall–Kier alpha value is -2.55. The fraction of sp³-hybridized carbons (Fsp3) is 0.308. The highest BCUT2D eigenvalue weighted by atomic mass is 16.5.